The zero-order chi connectivity index (χ0) is 10.1. The summed E-state index contributed by atoms with van der Waals surface area (Å²) >= 11 is 11.6. The lowest BCUT2D eigenvalue weighted by Gasteiger charge is -2.00. The van der Waals surface area contributed by atoms with Crippen LogP contribution in [0.4, 0.5) is 5.69 Å². The van der Waals surface area contributed by atoms with E-state index in [1.807, 2.05) is 0 Å². The minimum Gasteiger partial charge on any atom is -0.236 e. The Bertz CT molecular complexity index is 515. The Labute approximate surface area is 88.9 Å². The smallest absolute Gasteiger partial charge is 0.140 e. The summed E-state index contributed by atoms with van der Waals surface area (Å²) in [5.41, 5.74) is 0.721. The molecule has 0 atom stereocenters. The Balaban J connectivity index is 2.86. The van der Waals surface area contributed by atoms with Crippen molar-refractivity contribution in [2.24, 2.45) is 5.18 Å². The number of rotatable bonds is 1. The second-order valence-corrected chi connectivity index (χ2v) is 3.34. The van der Waals surface area contributed by atoms with Gasteiger partial charge < -0.3 is 0 Å². The van der Waals surface area contributed by atoms with Crippen LogP contribution >= 0.6 is 23.2 Å². The third-order valence-corrected chi connectivity index (χ3v) is 2.36. The summed E-state index contributed by atoms with van der Waals surface area (Å²) in [6, 6.07) is 2.99. The number of nitrogens with zero attached hydrogens (tertiary/aromatic N) is 3. The molecule has 70 valence electrons. The highest BCUT2D eigenvalue weighted by Gasteiger charge is 2.07. The van der Waals surface area contributed by atoms with E-state index in [-0.39, 0.29) is 15.9 Å². The molecule has 2 aromatic rings. The van der Waals surface area contributed by atoms with Crippen LogP contribution in [0.2, 0.25) is 10.2 Å². The van der Waals surface area contributed by atoms with Crippen molar-refractivity contribution in [3.05, 3.63) is 33.5 Å². The van der Waals surface area contributed by atoms with Crippen molar-refractivity contribution < 1.29 is 0 Å². The fourth-order valence-electron chi connectivity index (χ4n) is 1.10. The number of halogens is 2. The third kappa shape index (κ3) is 1.42. The predicted octanol–water partition coefficient (Wildman–Crippen LogP) is 3.33. The topological polar surface area (TPSA) is 55.2 Å². The first kappa shape index (κ1) is 9.30. The molecule has 0 N–H and O–H groups in total. The van der Waals surface area contributed by atoms with Gasteiger partial charge in [-0.1, -0.05) is 23.2 Å². The first-order valence-corrected chi connectivity index (χ1v) is 4.41. The van der Waals surface area contributed by atoms with Crippen molar-refractivity contribution in [3.63, 3.8) is 0 Å². The standard InChI is InChI=1S/C8H3Cl2N3O/c9-5-2-6-4(1-7(5)13-14)8(10)12-3-11-6/h1-3H. The van der Waals surface area contributed by atoms with Gasteiger partial charge in [0.25, 0.3) is 0 Å². The molecule has 0 spiro atoms. The molecule has 0 bridgehead atoms. The highest BCUT2D eigenvalue weighted by Crippen LogP contribution is 2.31. The largest absolute Gasteiger partial charge is 0.236 e. The van der Waals surface area contributed by atoms with Crippen LogP contribution in [0.25, 0.3) is 10.9 Å². The number of fused-ring (bicyclic) bond motifs is 1. The number of aromatic nitrogens is 2. The van der Waals surface area contributed by atoms with Crippen LogP contribution in [-0.2, 0) is 0 Å². The van der Waals surface area contributed by atoms with E-state index in [4.69, 9.17) is 23.2 Å². The molecule has 1 heterocycles. The molecule has 0 aliphatic rings. The normalized spacial score (nSPS) is 10.4. The Hall–Kier alpha value is -1.26. The maximum Gasteiger partial charge on any atom is 0.140 e. The maximum absolute atomic E-state index is 10.4. The van der Waals surface area contributed by atoms with Gasteiger partial charge in [0.05, 0.1) is 10.5 Å². The molecular formula is C8H3Cl2N3O. The van der Waals surface area contributed by atoms with Gasteiger partial charge in [0.1, 0.15) is 17.2 Å². The van der Waals surface area contributed by atoms with E-state index in [0.717, 1.165) is 0 Å². The summed E-state index contributed by atoms with van der Waals surface area (Å²) in [6.07, 6.45) is 1.33. The summed E-state index contributed by atoms with van der Waals surface area (Å²) in [5.74, 6) is 0. The Morgan fingerprint density at radius 1 is 1.21 bits per heavy atom. The summed E-state index contributed by atoms with van der Waals surface area (Å²) < 4.78 is 0. The lowest BCUT2D eigenvalue weighted by molar-refractivity contribution is 1.22. The molecule has 0 radical (unpaired) electrons. The maximum atomic E-state index is 10.4. The van der Waals surface area contributed by atoms with Gasteiger partial charge in [0.2, 0.25) is 0 Å². The average molecular weight is 228 g/mol. The zero-order valence-corrected chi connectivity index (χ0v) is 8.25. The van der Waals surface area contributed by atoms with Crippen LogP contribution < -0.4 is 0 Å². The Morgan fingerprint density at radius 3 is 2.71 bits per heavy atom. The molecule has 0 saturated carbocycles. The average Bonchev–Trinajstić information content (AvgIpc) is 2.17. The van der Waals surface area contributed by atoms with Crippen LogP contribution in [0.15, 0.2) is 23.6 Å². The molecule has 4 nitrogen and oxygen atoms in total. The van der Waals surface area contributed by atoms with E-state index in [1.165, 1.54) is 18.5 Å². The van der Waals surface area contributed by atoms with E-state index in [9.17, 15) is 4.91 Å². The third-order valence-electron chi connectivity index (χ3n) is 1.75. The van der Waals surface area contributed by atoms with Gasteiger partial charge in [-0.15, -0.1) is 4.91 Å². The molecule has 0 aliphatic carbocycles. The fourth-order valence-corrected chi connectivity index (χ4v) is 1.49. The van der Waals surface area contributed by atoms with Gasteiger partial charge in [-0.2, -0.15) is 0 Å². The molecular weight excluding hydrogens is 225 g/mol. The molecule has 2 rings (SSSR count). The first-order chi connectivity index (χ1) is 6.72. The summed E-state index contributed by atoms with van der Waals surface area (Å²) in [5, 5.41) is 3.86. The monoisotopic (exact) mass is 227 g/mol. The molecule has 0 amide bonds. The summed E-state index contributed by atoms with van der Waals surface area (Å²) in [4.78, 5) is 18.1. The van der Waals surface area contributed by atoms with Crippen LogP contribution in [0.5, 0.6) is 0 Å². The van der Waals surface area contributed by atoms with Crippen molar-refractivity contribution in [3.8, 4) is 0 Å². The van der Waals surface area contributed by atoms with Crippen molar-refractivity contribution >= 4 is 39.8 Å². The summed E-state index contributed by atoms with van der Waals surface area (Å²) in [7, 11) is 0. The molecule has 1 aromatic carbocycles. The highest BCUT2D eigenvalue weighted by atomic mass is 35.5. The van der Waals surface area contributed by atoms with Gasteiger partial charge >= 0.3 is 0 Å². The Kier molecular flexibility index (Phi) is 2.31. The molecule has 1 aromatic heterocycles. The molecule has 14 heavy (non-hydrogen) atoms. The SMILES string of the molecule is O=Nc1cc2c(Cl)ncnc2cc1Cl. The number of hydrogen-bond acceptors (Lipinski definition) is 4. The number of benzene rings is 1. The Morgan fingerprint density at radius 2 is 2.00 bits per heavy atom. The van der Waals surface area contributed by atoms with E-state index in [2.05, 4.69) is 15.1 Å². The van der Waals surface area contributed by atoms with E-state index in [1.54, 1.807) is 0 Å². The lowest BCUT2D eigenvalue weighted by atomic mass is 10.2. The fraction of sp³-hybridized carbons (Fsp3) is 0. The van der Waals surface area contributed by atoms with Crippen LogP contribution in [-0.4, -0.2) is 9.97 Å². The van der Waals surface area contributed by atoms with Crippen LogP contribution in [0, 0.1) is 4.91 Å². The predicted molar refractivity (Wildman–Crippen MR) is 55.0 cm³/mol. The highest BCUT2D eigenvalue weighted by molar-refractivity contribution is 6.36. The van der Waals surface area contributed by atoms with Gasteiger partial charge in [0.15, 0.2) is 0 Å². The van der Waals surface area contributed by atoms with Crippen LogP contribution in [0.1, 0.15) is 0 Å². The van der Waals surface area contributed by atoms with E-state index >= 15 is 0 Å². The number of hydrogen-bond donors (Lipinski definition) is 0. The number of nitroso groups, excluding NO2 is 1. The zero-order valence-electron chi connectivity index (χ0n) is 6.74. The van der Waals surface area contributed by atoms with Crippen molar-refractivity contribution in [2.75, 3.05) is 0 Å². The molecule has 0 saturated heterocycles. The molecule has 6 heteroatoms. The second-order valence-electron chi connectivity index (χ2n) is 2.58. The van der Waals surface area contributed by atoms with Gasteiger partial charge in [-0.3, -0.25) is 0 Å². The van der Waals surface area contributed by atoms with Gasteiger partial charge in [0, 0.05) is 5.39 Å². The van der Waals surface area contributed by atoms with Crippen molar-refractivity contribution in [1.82, 2.24) is 9.97 Å². The van der Waals surface area contributed by atoms with Gasteiger partial charge in [-0.05, 0) is 17.3 Å². The first-order valence-electron chi connectivity index (χ1n) is 3.65. The van der Waals surface area contributed by atoms with Crippen LogP contribution in [0.3, 0.4) is 0 Å². The van der Waals surface area contributed by atoms with Crippen molar-refractivity contribution in [1.29, 1.82) is 0 Å². The molecule has 0 aliphatic heterocycles. The van der Waals surface area contributed by atoms with Crippen molar-refractivity contribution in [2.45, 2.75) is 0 Å². The molecule has 0 unspecified atom stereocenters. The second kappa shape index (κ2) is 3.48. The quantitative estimate of drug-likeness (QED) is 0.555. The minimum atomic E-state index is 0.135. The van der Waals surface area contributed by atoms with E-state index in [0.29, 0.717) is 10.9 Å². The van der Waals surface area contributed by atoms with E-state index < -0.39 is 0 Å². The van der Waals surface area contributed by atoms with Gasteiger partial charge in [-0.25, -0.2) is 9.97 Å². The lowest BCUT2D eigenvalue weighted by Crippen LogP contribution is -1.83. The minimum absolute atomic E-state index is 0.135. The molecule has 0 fully saturated rings. The summed E-state index contributed by atoms with van der Waals surface area (Å²) in [6.45, 7) is 0.